The number of ether oxygens (including phenoxy) is 2. The Labute approximate surface area is 58.7 Å². The van der Waals surface area contributed by atoms with Gasteiger partial charge in [0.15, 0.2) is 0 Å². The smallest absolute Gasteiger partial charge is 0.119 e. The molecule has 1 heterocycles. The standard InChI is InChI=1S/C4H6O2S2/c7-3-4(8)6-2-1-5-3/h7-8H,1-2H2/p-2. The van der Waals surface area contributed by atoms with Gasteiger partial charge in [-0.2, -0.15) is 0 Å². The lowest BCUT2D eigenvalue weighted by atomic mass is 10.7. The van der Waals surface area contributed by atoms with Crippen LogP contribution in [0.1, 0.15) is 0 Å². The van der Waals surface area contributed by atoms with Gasteiger partial charge in [0.05, 0.1) is 0 Å². The minimum absolute atomic E-state index is 0.311. The van der Waals surface area contributed by atoms with Crippen molar-refractivity contribution in [2.24, 2.45) is 0 Å². The summed E-state index contributed by atoms with van der Waals surface area (Å²) in [4.78, 5) is 0. The highest BCUT2D eigenvalue weighted by Crippen LogP contribution is 2.08. The van der Waals surface area contributed by atoms with Crippen LogP contribution in [0.3, 0.4) is 0 Å². The quantitative estimate of drug-likeness (QED) is 0.458. The van der Waals surface area contributed by atoms with E-state index in [-0.39, 0.29) is 0 Å². The summed E-state index contributed by atoms with van der Waals surface area (Å²) in [7, 11) is 0. The Morgan fingerprint density at radius 2 is 1.38 bits per heavy atom. The van der Waals surface area contributed by atoms with Crippen LogP contribution < -0.4 is 0 Å². The number of hydrogen-bond donors (Lipinski definition) is 0. The zero-order valence-corrected chi connectivity index (χ0v) is 5.68. The van der Waals surface area contributed by atoms with Crippen molar-refractivity contribution < 1.29 is 9.47 Å². The van der Waals surface area contributed by atoms with E-state index in [1.165, 1.54) is 0 Å². The maximum atomic E-state index is 4.86. The topological polar surface area (TPSA) is 18.5 Å². The SMILES string of the molecule is [S-]C1=C([S-])OCCO1. The summed E-state index contributed by atoms with van der Waals surface area (Å²) in [6, 6.07) is 0. The molecule has 0 saturated carbocycles. The van der Waals surface area contributed by atoms with E-state index >= 15 is 0 Å². The van der Waals surface area contributed by atoms with Crippen molar-refractivity contribution in [2.45, 2.75) is 0 Å². The number of rotatable bonds is 0. The zero-order valence-electron chi connectivity index (χ0n) is 4.05. The Morgan fingerprint density at radius 3 is 1.62 bits per heavy atom. The van der Waals surface area contributed by atoms with Crippen molar-refractivity contribution in [3.63, 3.8) is 0 Å². The van der Waals surface area contributed by atoms with Gasteiger partial charge in [-0.15, -0.1) is 0 Å². The molecular formula is C4H4O2S2-2. The summed E-state index contributed by atoms with van der Waals surface area (Å²) in [5, 5.41) is 0.623. The molecule has 0 aromatic rings. The number of hydrogen-bond acceptors (Lipinski definition) is 4. The lowest BCUT2D eigenvalue weighted by molar-refractivity contribution is 0.0945. The molecule has 0 spiro atoms. The van der Waals surface area contributed by atoms with Crippen molar-refractivity contribution in [3.05, 3.63) is 10.2 Å². The van der Waals surface area contributed by atoms with Crippen LogP contribution in [0.2, 0.25) is 0 Å². The fraction of sp³-hybridized carbons (Fsp3) is 0.500. The van der Waals surface area contributed by atoms with E-state index in [0.717, 1.165) is 0 Å². The largest absolute Gasteiger partial charge is 0.741 e. The van der Waals surface area contributed by atoms with Crippen LogP contribution in [0.4, 0.5) is 0 Å². The van der Waals surface area contributed by atoms with Gasteiger partial charge in [-0.3, -0.25) is 0 Å². The minimum atomic E-state index is 0.311. The molecule has 2 nitrogen and oxygen atoms in total. The van der Waals surface area contributed by atoms with Gasteiger partial charge in [-0.1, -0.05) is 0 Å². The molecule has 0 fully saturated rings. The van der Waals surface area contributed by atoms with Crippen molar-refractivity contribution in [1.29, 1.82) is 0 Å². The van der Waals surface area contributed by atoms with Crippen LogP contribution >= 0.6 is 0 Å². The summed E-state index contributed by atoms with van der Waals surface area (Å²) < 4.78 is 9.71. The van der Waals surface area contributed by atoms with Crippen LogP contribution in [-0.2, 0) is 34.7 Å². The molecule has 0 unspecified atom stereocenters. The molecule has 0 N–H and O–H groups in total. The molecule has 0 aromatic carbocycles. The second kappa shape index (κ2) is 2.37. The summed E-state index contributed by atoms with van der Waals surface area (Å²) in [5.41, 5.74) is 0. The van der Waals surface area contributed by atoms with E-state index in [0.29, 0.717) is 23.4 Å². The van der Waals surface area contributed by atoms with Crippen molar-refractivity contribution >= 4 is 25.3 Å². The molecule has 4 heteroatoms. The summed E-state index contributed by atoms with van der Waals surface area (Å²) in [6.07, 6.45) is 0. The second-order valence-electron chi connectivity index (χ2n) is 1.27. The van der Waals surface area contributed by atoms with Crippen LogP contribution in [-0.4, -0.2) is 13.2 Å². The van der Waals surface area contributed by atoms with E-state index in [1.807, 2.05) is 0 Å². The first-order valence-corrected chi connectivity index (χ1v) is 2.96. The normalized spacial score (nSPS) is 19.5. The predicted molar refractivity (Wildman–Crippen MR) is 33.7 cm³/mol. The maximum absolute atomic E-state index is 4.86. The Kier molecular flexibility index (Phi) is 1.75. The molecular weight excluding hydrogens is 144 g/mol. The monoisotopic (exact) mass is 148 g/mol. The fourth-order valence-electron chi connectivity index (χ4n) is 0.387. The third kappa shape index (κ3) is 1.14. The van der Waals surface area contributed by atoms with Crippen LogP contribution in [0, 0.1) is 0 Å². The van der Waals surface area contributed by atoms with Gasteiger partial charge in [-0.25, -0.2) is 0 Å². The third-order valence-electron chi connectivity index (χ3n) is 0.716. The van der Waals surface area contributed by atoms with Crippen LogP contribution in [0.5, 0.6) is 0 Å². The molecule has 8 heavy (non-hydrogen) atoms. The highest BCUT2D eigenvalue weighted by atomic mass is 32.1. The molecule has 0 atom stereocenters. The highest BCUT2D eigenvalue weighted by Gasteiger charge is 1.92. The van der Waals surface area contributed by atoms with Crippen molar-refractivity contribution in [1.82, 2.24) is 0 Å². The molecule has 0 saturated heterocycles. The van der Waals surface area contributed by atoms with Crippen LogP contribution in [0.15, 0.2) is 10.2 Å². The molecule has 0 radical (unpaired) electrons. The average molecular weight is 148 g/mol. The van der Waals surface area contributed by atoms with Crippen molar-refractivity contribution in [3.8, 4) is 0 Å². The Bertz CT molecular complexity index is 107. The van der Waals surface area contributed by atoms with E-state index in [9.17, 15) is 0 Å². The van der Waals surface area contributed by atoms with Gasteiger partial charge in [0.1, 0.15) is 13.2 Å². The fourth-order valence-corrected chi connectivity index (χ4v) is 0.671. The lowest BCUT2D eigenvalue weighted by Gasteiger charge is -2.29. The highest BCUT2D eigenvalue weighted by molar-refractivity contribution is 7.67. The van der Waals surface area contributed by atoms with E-state index in [4.69, 9.17) is 9.47 Å². The summed E-state index contributed by atoms with van der Waals surface area (Å²) >= 11 is 9.28. The maximum Gasteiger partial charge on any atom is 0.119 e. The Morgan fingerprint density at radius 1 is 1.00 bits per heavy atom. The van der Waals surface area contributed by atoms with Gasteiger partial charge in [-0.05, 0) is 10.2 Å². The lowest BCUT2D eigenvalue weighted by Crippen LogP contribution is -2.10. The molecule has 1 aliphatic heterocycles. The average Bonchev–Trinajstić information content (AvgIpc) is 1.77. The first kappa shape index (κ1) is 5.91. The predicted octanol–water partition coefficient (Wildman–Crippen LogP) is 0.254. The molecule has 0 amide bonds. The van der Waals surface area contributed by atoms with Gasteiger partial charge in [0, 0.05) is 0 Å². The van der Waals surface area contributed by atoms with Gasteiger partial charge < -0.3 is 34.7 Å². The Hall–Kier alpha value is -0.220. The molecule has 46 valence electrons. The molecule has 1 rings (SSSR count). The molecule has 1 aliphatic rings. The van der Waals surface area contributed by atoms with Gasteiger partial charge in [0.25, 0.3) is 0 Å². The summed E-state index contributed by atoms with van der Waals surface area (Å²) in [6.45, 7) is 1.05. The van der Waals surface area contributed by atoms with Gasteiger partial charge >= 0.3 is 0 Å². The van der Waals surface area contributed by atoms with E-state index in [2.05, 4.69) is 25.3 Å². The van der Waals surface area contributed by atoms with E-state index in [1.54, 1.807) is 0 Å². The second-order valence-corrected chi connectivity index (χ2v) is 2.01. The Balaban J connectivity index is 2.60. The molecule has 0 bridgehead atoms. The molecule has 0 aromatic heterocycles. The first-order chi connectivity index (χ1) is 3.80. The first-order valence-electron chi connectivity index (χ1n) is 2.14. The van der Waals surface area contributed by atoms with Crippen LogP contribution in [0.25, 0.3) is 0 Å². The van der Waals surface area contributed by atoms with E-state index < -0.39 is 0 Å². The van der Waals surface area contributed by atoms with Crippen molar-refractivity contribution in [2.75, 3.05) is 13.2 Å². The minimum Gasteiger partial charge on any atom is -0.741 e. The zero-order chi connectivity index (χ0) is 5.98. The molecule has 0 aliphatic carbocycles. The van der Waals surface area contributed by atoms with Gasteiger partial charge in [0.2, 0.25) is 0 Å². The third-order valence-corrected chi connectivity index (χ3v) is 1.45. The summed E-state index contributed by atoms with van der Waals surface area (Å²) in [5.74, 6) is 0.